The Kier molecular flexibility index (Phi) is 3.38. The molecule has 3 rings (SSSR count). The summed E-state index contributed by atoms with van der Waals surface area (Å²) in [5, 5.41) is 14.2. The summed E-state index contributed by atoms with van der Waals surface area (Å²) in [6, 6.07) is 7.49. The molecule has 0 unspecified atom stereocenters. The molecular weight excluding hydrogens is 316 g/mol. The lowest BCUT2D eigenvalue weighted by atomic mass is 9.91. The Labute approximate surface area is 135 Å². The van der Waals surface area contributed by atoms with Gasteiger partial charge in [0.05, 0.1) is 11.3 Å². The molecule has 2 heterocycles. The van der Waals surface area contributed by atoms with E-state index in [9.17, 15) is 24.3 Å². The highest BCUT2D eigenvalue weighted by Crippen LogP contribution is 2.25. The van der Waals surface area contributed by atoms with Crippen molar-refractivity contribution in [3.05, 3.63) is 51.9 Å². The molecule has 1 fully saturated rings. The fourth-order valence-corrected chi connectivity index (χ4v) is 2.73. The van der Waals surface area contributed by atoms with Gasteiger partial charge in [0.15, 0.2) is 0 Å². The maximum Gasteiger partial charge on any atom is 0.328 e. The van der Waals surface area contributed by atoms with Gasteiger partial charge in [-0.1, -0.05) is 18.2 Å². The molecule has 0 atom stereocenters. The molecule has 1 aromatic heterocycles. The number of amides is 4. The smallest absolute Gasteiger partial charge is 0.328 e. The topological polar surface area (TPSA) is 122 Å². The number of rotatable bonds is 2. The Bertz CT molecular complexity index is 905. The molecule has 0 bridgehead atoms. The van der Waals surface area contributed by atoms with E-state index < -0.39 is 34.6 Å². The molecule has 0 radical (unpaired) electrons. The Balaban J connectivity index is 2.27. The predicted molar refractivity (Wildman–Crippen MR) is 81.3 cm³/mol. The summed E-state index contributed by atoms with van der Waals surface area (Å²) in [4.78, 5) is 48.2. The van der Waals surface area contributed by atoms with Crippen molar-refractivity contribution in [1.82, 2.24) is 20.0 Å². The van der Waals surface area contributed by atoms with Gasteiger partial charge < -0.3 is 5.11 Å². The number of hydrogen-bond acceptors (Lipinski definition) is 5. The maximum absolute atomic E-state index is 12.8. The van der Waals surface area contributed by atoms with E-state index in [0.29, 0.717) is 5.69 Å². The minimum absolute atomic E-state index is 0.214. The number of hydrogen-bond donors (Lipinski definition) is 3. The fraction of sp³-hybridized carbons (Fsp3) is 0.200. The van der Waals surface area contributed by atoms with E-state index in [-0.39, 0.29) is 5.69 Å². The molecule has 24 heavy (non-hydrogen) atoms. The summed E-state index contributed by atoms with van der Waals surface area (Å²) in [7, 11) is 1.56. The number of barbiturate groups is 1. The molecule has 1 aliphatic heterocycles. The van der Waals surface area contributed by atoms with Crippen LogP contribution in [0.1, 0.15) is 11.3 Å². The van der Waals surface area contributed by atoms with Gasteiger partial charge in [0, 0.05) is 12.7 Å². The van der Waals surface area contributed by atoms with Gasteiger partial charge in [-0.05, 0) is 19.1 Å². The second kappa shape index (κ2) is 5.17. The highest BCUT2D eigenvalue weighted by Gasteiger charge is 2.54. The van der Waals surface area contributed by atoms with Crippen LogP contribution in [0.5, 0.6) is 0 Å². The van der Waals surface area contributed by atoms with Crippen LogP contribution in [0, 0.1) is 6.92 Å². The molecule has 2 aromatic rings. The first-order chi connectivity index (χ1) is 11.3. The molecule has 1 aromatic carbocycles. The van der Waals surface area contributed by atoms with E-state index in [1.54, 1.807) is 48.0 Å². The molecule has 3 N–H and O–H groups in total. The van der Waals surface area contributed by atoms with Crippen LogP contribution in [0.4, 0.5) is 4.79 Å². The standard InChI is InChI=1S/C15H14N4O5/c1-8-10(15(24)12(21)16-14(23)17-13(15)22)11(20)19(18(8)2)9-6-4-3-5-7-9/h3-7,24H,1-2H3,(H2,16,17,21,22,23). The number of imide groups is 2. The molecule has 1 aliphatic rings. The highest BCUT2D eigenvalue weighted by atomic mass is 16.3. The van der Waals surface area contributed by atoms with Crippen LogP contribution in [0.15, 0.2) is 35.1 Å². The lowest BCUT2D eigenvalue weighted by molar-refractivity contribution is -0.155. The average molecular weight is 330 g/mol. The van der Waals surface area contributed by atoms with Gasteiger partial charge in [0.1, 0.15) is 0 Å². The molecule has 0 aliphatic carbocycles. The monoisotopic (exact) mass is 330 g/mol. The summed E-state index contributed by atoms with van der Waals surface area (Å²) in [5.74, 6) is -2.52. The van der Waals surface area contributed by atoms with Crippen molar-refractivity contribution in [3.63, 3.8) is 0 Å². The van der Waals surface area contributed by atoms with Crippen molar-refractivity contribution in [2.24, 2.45) is 7.05 Å². The number of urea groups is 1. The molecule has 0 spiro atoms. The van der Waals surface area contributed by atoms with Crippen LogP contribution in [0.25, 0.3) is 5.69 Å². The third kappa shape index (κ3) is 1.98. The minimum Gasteiger partial charge on any atom is -0.368 e. The van der Waals surface area contributed by atoms with Crippen molar-refractivity contribution in [2.75, 3.05) is 0 Å². The van der Waals surface area contributed by atoms with Gasteiger partial charge in [-0.2, -0.15) is 0 Å². The van der Waals surface area contributed by atoms with Crippen molar-refractivity contribution in [2.45, 2.75) is 12.5 Å². The van der Waals surface area contributed by atoms with E-state index in [4.69, 9.17) is 0 Å². The van der Waals surface area contributed by atoms with Crippen LogP contribution in [-0.2, 0) is 22.2 Å². The van der Waals surface area contributed by atoms with Gasteiger partial charge in [0.25, 0.3) is 23.0 Å². The molecule has 124 valence electrons. The first-order valence-corrected chi connectivity index (χ1v) is 7.02. The Morgan fingerprint density at radius 1 is 1.00 bits per heavy atom. The first kappa shape index (κ1) is 15.7. The highest BCUT2D eigenvalue weighted by molar-refractivity contribution is 6.21. The number of aromatic nitrogens is 2. The lowest BCUT2D eigenvalue weighted by Gasteiger charge is -2.28. The molecule has 9 nitrogen and oxygen atoms in total. The average Bonchev–Trinajstić information content (AvgIpc) is 2.76. The van der Waals surface area contributed by atoms with Crippen LogP contribution in [0.2, 0.25) is 0 Å². The van der Waals surface area contributed by atoms with Gasteiger partial charge in [-0.15, -0.1) is 0 Å². The Morgan fingerprint density at radius 2 is 1.54 bits per heavy atom. The van der Waals surface area contributed by atoms with E-state index >= 15 is 0 Å². The quantitative estimate of drug-likeness (QED) is 0.612. The summed E-state index contributed by atoms with van der Waals surface area (Å²) in [6.45, 7) is 1.49. The number of benzene rings is 1. The summed E-state index contributed by atoms with van der Waals surface area (Å²) in [5.41, 5.74) is -3.21. The van der Waals surface area contributed by atoms with Crippen LogP contribution in [-0.4, -0.2) is 32.3 Å². The van der Waals surface area contributed by atoms with Gasteiger partial charge >= 0.3 is 6.03 Å². The largest absolute Gasteiger partial charge is 0.368 e. The molecule has 1 saturated heterocycles. The SMILES string of the molecule is Cc1c(C2(O)C(=O)NC(=O)NC2=O)c(=O)n(-c2ccccc2)n1C. The van der Waals surface area contributed by atoms with Gasteiger partial charge in [-0.3, -0.25) is 29.7 Å². The first-order valence-electron chi connectivity index (χ1n) is 7.02. The van der Waals surface area contributed by atoms with Crippen molar-refractivity contribution < 1.29 is 19.5 Å². The molecule has 9 heteroatoms. The fourth-order valence-electron chi connectivity index (χ4n) is 2.73. The second-order valence-corrected chi connectivity index (χ2v) is 5.38. The Morgan fingerprint density at radius 3 is 2.08 bits per heavy atom. The molecule has 0 saturated carbocycles. The third-order valence-corrected chi connectivity index (χ3v) is 4.03. The third-order valence-electron chi connectivity index (χ3n) is 4.03. The van der Waals surface area contributed by atoms with Crippen LogP contribution >= 0.6 is 0 Å². The number of nitrogens with one attached hydrogen (secondary N) is 2. The Hall–Kier alpha value is -3.20. The van der Waals surface area contributed by atoms with Crippen molar-refractivity contribution >= 4 is 17.8 Å². The number of carbonyl (C=O) groups is 3. The van der Waals surface area contributed by atoms with Gasteiger partial charge in [0.2, 0.25) is 0 Å². The predicted octanol–water partition coefficient (Wildman–Crippen LogP) is -0.962. The second-order valence-electron chi connectivity index (χ2n) is 5.38. The number of carbonyl (C=O) groups excluding carboxylic acids is 3. The normalized spacial score (nSPS) is 16.7. The van der Waals surface area contributed by atoms with E-state index in [2.05, 4.69) is 0 Å². The molecular formula is C15H14N4O5. The van der Waals surface area contributed by atoms with Crippen LogP contribution < -0.4 is 16.2 Å². The van der Waals surface area contributed by atoms with E-state index in [1.165, 1.54) is 16.3 Å². The lowest BCUT2D eigenvalue weighted by Crippen LogP contribution is -2.65. The number of aliphatic hydroxyl groups is 1. The van der Waals surface area contributed by atoms with Crippen molar-refractivity contribution in [3.8, 4) is 5.69 Å². The van der Waals surface area contributed by atoms with Crippen molar-refractivity contribution in [1.29, 1.82) is 0 Å². The summed E-state index contributed by atoms with van der Waals surface area (Å²) < 4.78 is 2.64. The molecule has 4 amide bonds. The minimum atomic E-state index is -2.78. The van der Waals surface area contributed by atoms with Crippen LogP contribution in [0.3, 0.4) is 0 Å². The summed E-state index contributed by atoms with van der Waals surface area (Å²) in [6.07, 6.45) is 0. The number of nitrogens with zero attached hydrogens (tertiary/aromatic N) is 2. The van der Waals surface area contributed by atoms with E-state index in [0.717, 1.165) is 0 Å². The zero-order valence-corrected chi connectivity index (χ0v) is 12.9. The number of para-hydroxylation sites is 1. The zero-order valence-electron chi connectivity index (χ0n) is 12.9. The zero-order chi connectivity index (χ0) is 17.6. The van der Waals surface area contributed by atoms with E-state index in [1.807, 2.05) is 0 Å². The maximum atomic E-state index is 12.8. The summed E-state index contributed by atoms with van der Waals surface area (Å²) >= 11 is 0. The van der Waals surface area contributed by atoms with Gasteiger partial charge in [-0.25, -0.2) is 9.48 Å².